The molecule has 0 aliphatic rings. The van der Waals surface area contributed by atoms with E-state index < -0.39 is 15.8 Å². The number of carbonyl (C=O) groups is 1. The van der Waals surface area contributed by atoms with Crippen molar-refractivity contribution in [2.45, 2.75) is 28.5 Å². The van der Waals surface area contributed by atoms with Crippen molar-refractivity contribution < 1.29 is 17.9 Å². The van der Waals surface area contributed by atoms with Crippen LogP contribution in [0.1, 0.15) is 13.8 Å². The molecule has 0 spiro atoms. The zero-order valence-electron chi connectivity index (χ0n) is 12.9. The minimum atomic E-state index is -3.33. The average molecular weight is 405 g/mol. The molecule has 0 atom stereocenters. The molecule has 128 valence electrons. The summed E-state index contributed by atoms with van der Waals surface area (Å²) in [5.74, 6) is -0.0892. The Labute approximate surface area is 155 Å². The van der Waals surface area contributed by atoms with Crippen LogP contribution in [-0.2, 0) is 14.6 Å². The third kappa shape index (κ3) is 4.66. The molecule has 24 heavy (non-hydrogen) atoms. The van der Waals surface area contributed by atoms with E-state index in [1.54, 1.807) is 31.2 Å². The second kappa shape index (κ2) is 7.78. The molecule has 2 aromatic carbocycles. The van der Waals surface area contributed by atoms with Crippen LogP contribution in [0.2, 0.25) is 10.0 Å². The van der Waals surface area contributed by atoms with Crippen molar-refractivity contribution in [3.8, 4) is 5.75 Å². The van der Waals surface area contributed by atoms with E-state index in [9.17, 15) is 13.2 Å². The Kier molecular flexibility index (Phi) is 6.20. The summed E-state index contributed by atoms with van der Waals surface area (Å²) in [6.07, 6.45) is 0. The molecule has 8 heteroatoms. The summed E-state index contributed by atoms with van der Waals surface area (Å²) in [4.78, 5) is 12.6. The fraction of sp³-hybridized carbons (Fsp3) is 0.188. The summed E-state index contributed by atoms with van der Waals surface area (Å²) in [5, 5.41) is 0.776. The number of halogens is 2. The molecule has 0 saturated heterocycles. The van der Waals surface area contributed by atoms with Crippen LogP contribution in [0.3, 0.4) is 0 Å². The molecule has 0 aromatic heterocycles. The number of carbonyl (C=O) groups excluding carboxylic acids is 1. The average Bonchev–Trinajstić information content (AvgIpc) is 2.51. The molecular formula is C16H14Cl2O4S2. The zero-order chi connectivity index (χ0) is 17.9. The van der Waals surface area contributed by atoms with E-state index in [2.05, 4.69) is 0 Å². The fourth-order valence-electron chi connectivity index (χ4n) is 1.84. The molecule has 0 aliphatic heterocycles. The SMILES string of the molecule is CCS(=O)(=O)c1ccc(Sc2cc(Cl)ccc2OC(C)=O)c(Cl)c1. The quantitative estimate of drug-likeness (QED) is 0.525. The summed E-state index contributed by atoms with van der Waals surface area (Å²) < 4.78 is 29.0. The zero-order valence-corrected chi connectivity index (χ0v) is 16.0. The maximum atomic E-state index is 11.9. The first-order valence-electron chi connectivity index (χ1n) is 6.91. The maximum Gasteiger partial charge on any atom is 0.308 e. The Morgan fingerprint density at radius 1 is 1.12 bits per heavy atom. The van der Waals surface area contributed by atoms with Crippen LogP contribution in [0.25, 0.3) is 0 Å². The lowest BCUT2D eigenvalue weighted by atomic mass is 10.3. The second-order valence-electron chi connectivity index (χ2n) is 4.78. The van der Waals surface area contributed by atoms with Crippen LogP contribution in [0, 0.1) is 0 Å². The molecule has 0 fully saturated rings. The molecule has 2 rings (SSSR count). The van der Waals surface area contributed by atoms with Crippen molar-refractivity contribution in [2.75, 3.05) is 5.75 Å². The number of benzene rings is 2. The topological polar surface area (TPSA) is 60.4 Å². The first-order valence-corrected chi connectivity index (χ1v) is 10.1. The van der Waals surface area contributed by atoms with Gasteiger partial charge in [0.05, 0.1) is 20.6 Å². The van der Waals surface area contributed by atoms with Crippen molar-refractivity contribution >= 4 is 50.8 Å². The Morgan fingerprint density at radius 2 is 1.83 bits per heavy atom. The summed E-state index contributed by atoms with van der Waals surface area (Å²) in [7, 11) is -3.33. The van der Waals surface area contributed by atoms with Crippen LogP contribution in [0.15, 0.2) is 51.1 Å². The summed E-state index contributed by atoms with van der Waals surface area (Å²) in [5.41, 5.74) is 0. The summed E-state index contributed by atoms with van der Waals surface area (Å²) >= 11 is 13.4. The van der Waals surface area contributed by atoms with E-state index in [0.29, 0.717) is 25.6 Å². The van der Waals surface area contributed by atoms with E-state index in [1.165, 1.54) is 30.8 Å². The molecule has 0 N–H and O–H groups in total. The Bertz CT molecular complexity index is 880. The maximum absolute atomic E-state index is 11.9. The van der Waals surface area contributed by atoms with Crippen LogP contribution in [-0.4, -0.2) is 20.1 Å². The van der Waals surface area contributed by atoms with E-state index in [-0.39, 0.29) is 10.6 Å². The molecule has 0 heterocycles. The summed E-state index contributed by atoms with van der Waals surface area (Å²) in [6, 6.07) is 9.39. The fourth-order valence-corrected chi connectivity index (χ4v) is 4.27. The molecular weight excluding hydrogens is 391 g/mol. The number of sulfone groups is 1. The van der Waals surface area contributed by atoms with Gasteiger partial charge in [0.2, 0.25) is 0 Å². The second-order valence-corrected chi connectivity index (χ2v) is 8.99. The van der Waals surface area contributed by atoms with Gasteiger partial charge < -0.3 is 4.74 Å². The number of ether oxygens (including phenoxy) is 1. The highest BCUT2D eigenvalue weighted by atomic mass is 35.5. The lowest BCUT2D eigenvalue weighted by Crippen LogP contribution is -2.03. The number of rotatable bonds is 5. The first kappa shape index (κ1) is 19.1. The monoisotopic (exact) mass is 404 g/mol. The van der Waals surface area contributed by atoms with E-state index in [4.69, 9.17) is 27.9 Å². The molecule has 0 radical (unpaired) electrons. The highest BCUT2D eigenvalue weighted by molar-refractivity contribution is 7.99. The molecule has 0 bridgehead atoms. The van der Waals surface area contributed by atoms with Gasteiger partial charge in [-0.3, -0.25) is 4.79 Å². The van der Waals surface area contributed by atoms with Crippen molar-refractivity contribution in [3.63, 3.8) is 0 Å². The molecule has 4 nitrogen and oxygen atoms in total. The largest absolute Gasteiger partial charge is 0.426 e. The lowest BCUT2D eigenvalue weighted by Gasteiger charge is -2.11. The highest BCUT2D eigenvalue weighted by Crippen LogP contribution is 2.40. The predicted molar refractivity (Wildman–Crippen MR) is 96.1 cm³/mol. The van der Waals surface area contributed by atoms with Crippen molar-refractivity contribution in [1.29, 1.82) is 0 Å². The van der Waals surface area contributed by atoms with Crippen molar-refractivity contribution in [2.24, 2.45) is 0 Å². The lowest BCUT2D eigenvalue weighted by molar-refractivity contribution is -0.132. The van der Waals surface area contributed by atoms with Crippen LogP contribution < -0.4 is 4.74 Å². The van der Waals surface area contributed by atoms with Gasteiger partial charge in [-0.25, -0.2) is 8.42 Å². The van der Waals surface area contributed by atoms with E-state index in [1.807, 2.05) is 0 Å². The standard InChI is InChI=1S/C16H14Cl2O4S2/c1-3-24(20,21)12-5-7-15(13(18)9-12)23-16-8-11(17)4-6-14(16)22-10(2)19/h4-9H,3H2,1-2H3. The molecule has 0 aliphatic carbocycles. The highest BCUT2D eigenvalue weighted by Gasteiger charge is 2.16. The van der Waals surface area contributed by atoms with Crippen LogP contribution in [0.5, 0.6) is 5.75 Å². The third-order valence-corrected chi connectivity index (χ3v) is 6.53. The smallest absolute Gasteiger partial charge is 0.308 e. The van der Waals surface area contributed by atoms with Gasteiger partial charge in [0, 0.05) is 16.8 Å². The van der Waals surface area contributed by atoms with Crippen molar-refractivity contribution in [1.82, 2.24) is 0 Å². The van der Waals surface area contributed by atoms with Crippen LogP contribution >= 0.6 is 35.0 Å². The first-order chi connectivity index (χ1) is 11.2. The molecule has 0 saturated carbocycles. The summed E-state index contributed by atoms with van der Waals surface area (Å²) in [6.45, 7) is 2.88. The number of hydrogen-bond donors (Lipinski definition) is 0. The van der Waals surface area contributed by atoms with Gasteiger partial charge in [-0.15, -0.1) is 0 Å². The minimum Gasteiger partial charge on any atom is -0.426 e. The molecule has 0 amide bonds. The van der Waals surface area contributed by atoms with Crippen molar-refractivity contribution in [3.05, 3.63) is 46.4 Å². The minimum absolute atomic E-state index is 0.000706. The van der Waals surface area contributed by atoms with E-state index in [0.717, 1.165) is 0 Å². The molecule has 0 unspecified atom stereocenters. The van der Waals surface area contributed by atoms with Gasteiger partial charge >= 0.3 is 5.97 Å². The van der Waals surface area contributed by atoms with Gasteiger partial charge in [0.25, 0.3) is 0 Å². The van der Waals surface area contributed by atoms with E-state index >= 15 is 0 Å². The van der Waals surface area contributed by atoms with Gasteiger partial charge in [-0.2, -0.15) is 0 Å². The Morgan fingerprint density at radius 3 is 2.42 bits per heavy atom. The normalized spacial score (nSPS) is 11.3. The molecule has 2 aromatic rings. The number of hydrogen-bond acceptors (Lipinski definition) is 5. The third-order valence-electron chi connectivity index (χ3n) is 3.02. The Balaban J connectivity index is 2.38. The van der Waals surface area contributed by atoms with Crippen LogP contribution in [0.4, 0.5) is 0 Å². The van der Waals surface area contributed by atoms with Gasteiger partial charge in [-0.1, -0.05) is 41.9 Å². The van der Waals surface area contributed by atoms with Gasteiger partial charge in [0.1, 0.15) is 5.75 Å². The predicted octanol–water partition coefficient (Wildman–Crippen LogP) is 4.86. The number of esters is 1. The Hall–Kier alpha value is -1.21. The van der Waals surface area contributed by atoms with Gasteiger partial charge in [-0.05, 0) is 36.4 Å². The van der Waals surface area contributed by atoms with Gasteiger partial charge in [0.15, 0.2) is 9.84 Å².